The Morgan fingerprint density at radius 3 is 2.74 bits per heavy atom. The molecule has 0 radical (unpaired) electrons. The third-order valence-corrected chi connectivity index (χ3v) is 6.95. The number of nitrogens with one attached hydrogen (secondary N) is 1. The standard InChI is InChI=1S/C24H27F2N7O2/c1-14-29-22-20(33(14)17-10-24(25,26)11-17)7-15(12-27-22)19-3-4-32-21(19)13-28-23(31-32)30-16-8-18(9-16)35-6-5-34-2/h3-4,7,12-13,16-18H,5-6,8-11H2,1-2H3,(H,30,31)/t16-,18+. The van der Waals surface area contributed by atoms with E-state index in [2.05, 4.69) is 25.4 Å². The summed E-state index contributed by atoms with van der Waals surface area (Å²) in [6.45, 7) is 3.05. The number of hydrogen-bond acceptors (Lipinski definition) is 7. The number of anilines is 1. The van der Waals surface area contributed by atoms with Gasteiger partial charge in [-0.25, -0.2) is 28.2 Å². The van der Waals surface area contributed by atoms with Gasteiger partial charge in [0.1, 0.15) is 5.82 Å². The fourth-order valence-corrected chi connectivity index (χ4v) is 5.02. The van der Waals surface area contributed by atoms with Crippen molar-refractivity contribution in [1.82, 2.24) is 29.1 Å². The summed E-state index contributed by atoms with van der Waals surface area (Å²) in [6.07, 6.45) is 7.17. The van der Waals surface area contributed by atoms with E-state index in [-0.39, 0.29) is 31.0 Å². The van der Waals surface area contributed by atoms with Crippen LogP contribution in [-0.4, -0.2) is 67.5 Å². The van der Waals surface area contributed by atoms with Crippen molar-refractivity contribution in [2.45, 2.75) is 56.7 Å². The minimum atomic E-state index is -2.60. The van der Waals surface area contributed by atoms with Crippen molar-refractivity contribution in [3.05, 3.63) is 36.5 Å². The van der Waals surface area contributed by atoms with Crippen LogP contribution in [0, 0.1) is 6.92 Å². The number of rotatable bonds is 8. The van der Waals surface area contributed by atoms with Gasteiger partial charge in [-0.15, -0.1) is 5.10 Å². The van der Waals surface area contributed by atoms with Gasteiger partial charge in [0.05, 0.1) is 36.5 Å². The Bertz CT molecular complexity index is 1370. The number of nitrogens with zero attached hydrogens (tertiary/aromatic N) is 6. The largest absolute Gasteiger partial charge is 0.382 e. The van der Waals surface area contributed by atoms with E-state index in [1.807, 2.05) is 29.8 Å². The molecule has 0 spiro atoms. The van der Waals surface area contributed by atoms with Crippen LogP contribution in [0.3, 0.4) is 0 Å². The SMILES string of the molecule is COCCO[C@H]1C[C@@H](Nc2ncc3c(-c4cnc5nc(C)n(C6CC(F)(F)C6)c5c4)ccn3n2)C1. The van der Waals surface area contributed by atoms with E-state index in [0.29, 0.717) is 30.6 Å². The highest BCUT2D eigenvalue weighted by Crippen LogP contribution is 2.47. The van der Waals surface area contributed by atoms with Crippen molar-refractivity contribution in [1.29, 1.82) is 0 Å². The number of ether oxygens (including phenoxy) is 2. The maximum absolute atomic E-state index is 13.5. The first kappa shape index (κ1) is 22.3. The summed E-state index contributed by atoms with van der Waals surface area (Å²) < 4.78 is 41.5. The van der Waals surface area contributed by atoms with Gasteiger partial charge in [0.25, 0.3) is 5.92 Å². The number of fused-ring (bicyclic) bond motifs is 2. The molecule has 4 heterocycles. The molecule has 2 saturated carbocycles. The molecule has 0 amide bonds. The molecule has 184 valence electrons. The molecule has 0 saturated heterocycles. The van der Waals surface area contributed by atoms with Crippen molar-refractivity contribution in [3.8, 4) is 11.1 Å². The van der Waals surface area contributed by atoms with Crippen molar-refractivity contribution in [2.24, 2.45) is 0 Å². The van der Waals surface area contributed by atoms with E-state index < -0.39 is 5.92 Å². The van der Waals surface area contributed by atoms with Gasteiger partial charge >= 0.3 is 0 Å². The van der Waals surface area contributed by atoms with E-state index in [0.717, 1.165) is 35.0 Å². The van der Waals surface area contributed by atoms with Crippen LogP contribution in [0.1, 0.15) is 37.5 Å². The van der Waals surface area contributed by atoms with Gasteiger partial charge in [-0.2, -0.15) is 0 Å². The average molecular weight is 484 g/mol. The molecule has 4 aromatic rings. The topological polar surface area (TPSA) is 91.4 Å². The highest BCUT2D eigenvalue weighted by Gasteiger charge is 2.47. The van der Waals surface area contributed by atoms with Gasteiger partial charge in [-0.1, -0.05) is 0 Å². The van der Waals surface area contributed by atoms with Crippen LogP contribution in [-0.2, 0) is 9.47 Å². The third kappa shape index (κ3) is 4.12. The molecule has 35 heavy (non-hydrogen) atoms. The molecule has 1 N–H and O–H groups in total. The summed E-state index contributed by atoms with van der Waals surface area (Å²) in [6, 6.07) is 3.96. The van der Waals surface area contributed by atoms with Gasteiger partial charge in [0, 0.05) is 55.6 Å². The Morgan fingerprint density at radius 1 is 1.14 bits per heavy atom. The van der Waals surface area contributed by atoms with Crippen LogP contribution < -0.4 is 5.32 Å². The number of hydrogen-bond donors (Lipinski definition) is 1. The van der Waals surface area contributed by atoms with Crippen molar-refractivity contribution < 1.29 is 18.3 Å². The molecule has 0 atom stereocenters. The lowest BCUT2D eigenvalue weighted by Gasteiger charge is -2.36. The molecule has 2 aliphatic rings. The predicted molar refractivity (Wildman–Crippen MR) is 126 cm³/mol. The number of aryl methyl sites for hydroxylation is 1. The van der Waals surface area contributed by atoms with Crippen LogP contribution in [0.4, 0.5) is 14.7 Å². The maximum Gasteiger partial charge on any atom is 0.252 e. The first-order valence-electron chi connectivity index (χ1n) is 11.8. The minimum absolute atomic E-state index is 0.163. The third-order valence-electron chi connectivity index (χ3n) is 6.95. The molecule has 9 nitrogen and oxygen atoms in total. The summed E-state index contributed by atoms with van der Waals surface area (Å²) in [5.41, 5.74) is 3.96. The van der Waals surface area contributed by atoms with Gasteiger partial charge in [-0.05, 0) is 31.9 Å². The first-order chi connectivity index (χ1) is 16.9. The highest BCUT2D eigenvalue weighted by molar-refractivity contribution is 5.85. The number of imidazole rings is 1. The van der Waals surface area contributed by atoms with Gasteiger partial charge in [0.15, 0.2) is 5.65 Å². The van der Waals surface area contributed by atoms with Gasteiger partial charge < -0.3 is 19.4 Å². The smallest absolute Gasteiger partial charge is 0.252 e. The molecular formula is C24H27F2N7O2. The van der Waals surface area contributed by atoms with Crippen molar-refractivity contribution in [2.75, 3.05) is 25.6 Å². The highest BCUT2D eigenvalue weighted by atomic mass is 19.3. The van der Waals surface area contributed by atoms with Crippen LogP contribution >= 0.6 is 0 Å². The van der Waals surface area contributed by atoms with Gasteiger partial charge in [-0.3, -0.25) is 0 Å². The van der Waals surface area contributed by atoms with Crippen LogP contribution in [0.2, 0.25) is 0 Å². The molecule has 2 aliphatic carbocycles. The molecule has 0 aliphatic heterocycles. The Labute approximate surface area is 200 Å². The van der Waals surface area contributed by atoms with Crippen molar-refractivity contribution >= 4 is 22.6 Å². The van der Waals surface area contributed by atoms with Crippen LogP contribution in [0.25, 0.3) is 27.8 Å². The van der Waals surface area contributed by atoms with E-state index >= 15 is 0 Å². The molecule has 0 bridgehead atoms. The number of aromatic nitrogens is 6. The molecule has 2 fully saturated rings. The van der Waals surface area contributed by atoms with Crippen LogP contribution in [0.15, 0.2) is 30.7 Å². The van der Waals surface area contributed by atoms with E-state index in [1.165, 1.54) is 0 Å². The lowest BCUT2D eigenvalue weighted by Crippen LogP contribution is -2.41. The molecule has 4 aromatic heterocycles. The Kier molecular flexibility index (Phi) is 5.41. The molecule has 0 aromatic carbocycles. The summed E-state index contributed by atoms with van der Waals surface area (Å²) in [5, 5.41) is 7.97. The second-order valence-corrected chi connectivity index (χ2v) is 9.45. The number of alkyl halides is 2. The lowest BCUT2D eigenvalue weighted by molar-refractivity contribution is -0.103. The zero-order valence-electron chi connectivity index (χ0n) is 19.6. The Hall–Kier alpha value is -3.18. The molecule has 11 heteroatoms. The summed E-state index contributed by atoms with van der Waals surface area (Å²) in [7, 11) is 1.67. The first-order valence-corrected chi connectivity index (χ1v) is 11.8. The average Bonchev–Trinajstić information content (AvgIpc) is 3.34. The van der Waals surface area contributed by atoms with Crippen molar-refractivity contribution in [3.63, 3.8) is 0 Å². The van der Waals surface area contributed by atoms with E-state index in [1.54, 1.807) is 24.0 Å². The van der Waals surface area contributed by atoms with Crippen LogP contribution in [0.5, 0.6) is 0 Å². The summed E-state index contributed by atoms with van der Waals surface area (Å²) in [4.78, 5) is 13.5. The maximum atomic E-state index is 13.5. The lowest BCUT2D eigenvalue weighted by atomic mass is 9.87. The Balaban J connectivity index is 1.21. The van der Waals surface area contributed by atoms with Gasteiger partial charge in [0.2, 0.25) is 5.95 Å². The molecular weight excluding hydrogens is 456 g/mol. The number of pyridine rings is 1. The number of halogens is 2. The van der Waals surface area contributed by atoms with E-state index in [9.17, 15) is 8.78 Å². The fourth-order valence-electron chi connectivity index (χ4n) is 5.02. The number of methoxy groups -OCH3 is 1. The fraction of sp³-hybridized carbons (Fsp3) is 0.500. The second kappa shape index (κ2) is 8.49. The second-order valence-electron chi connectivity index (χ2n) is 9.45. The normalized spacial score (nSPS) is 21.8. The zero-order chi connectivity index (χ0) is 24.2. The summed E-state index contributed by atoms with van der Waals surface area (Å²) >= 11 is 0. The molecule has 0 unspecified atom stereocenters. The summed E-state index contributed by atoms with van der Waals surface area (Å²) in [5.74, 6) is -1.33. The predicted octanol–water partition coefficient (Wildman–Crippen LogP) is 4.03. The zero-order valence-corrected chi connectivity index (χ0v) is 19.6. The van der Waals surface area contributed by atoms with E-state index in [4.69, 9.17) is 9.47 Å². The Morgan fingerprint density at radius 2 is 1.97 bits per heavy atom. The molecule has 6 rings (SSSR count). The monoisotopic (exact) mass is 483 g/mol. The quantitative estimate of drug-likeness (QED) is 0.379. The minimum Gasteiger partial charge on any atom is -0.382 e.